The summed E-state index contributed by atoms with van der Waals surface area (Å²) in [6.45, 7) is 2.10. The van der Waals surface area contributed by atoms with Crippen molar-refractivity contribution >= 4 is 51.9 Å². The average molecular weight is 432 g/mol. The molecule has 7 heteroatoms. The quantitative estimate of drug-likeness (QED) is 0.428. The second-order valence-electron chi connectivity index (χ2n) is 6.29. The largest absolute Gasteiger partial charge is 0.326 e. The number of carbonyl (C=O) groups is 1. The van der Waals surface area contributed by atoms with Gasteiger partial charge in [-0.3, -0.25) is 9.20 Å². The Hall–Kier alpha value is -2.34. The number of carbonyl (C=O) groups excluding carboxylic acids is 1. The summed E-state index contributed by atoms with van der Waals surface area (Å²) in [6, 6.07) is 15.5. The van der Waals surface area contributed by atoms with Gasteiger partial charge < -0.3 is 5.32 Å². The van der Waals surface area contributed by atoms with E-state index in [4.69, 9.17) is 11.6 Å². The highest BCUT2D eigenvalue weighted by molar-refractivity contribution is 7.15. The molecule has 0 atom stereocenters. The highest BCUT2D eigenvalue weighted by Gasteiger charge is 2.13. The second-order valence-corrected chi connectivity index (χ2v) is 7.56. The minimum Gasteiger partial charge on any atom is -0.326 e. The average Bonchev–Trinajstić information content (AvgIpc) is 3.24. The number of nitrogens with zero attached hydrogens (tertiary/aromatic N) is 2. The Bertz CT molecular complexity index is 1100. The van der Waals surface area contributed by atoms with E-state index in [9.17, 15) is 4.79 Å². The van der Waals surface area contributed by atoms with Crippen LogP contribution in [0.15, 0.2) is 60.1 Å². The van der Waals surface area contributed by atoms with Crippen LogP contribution in [0.3, 0.4) is 0 Å². The first-order valence-electron chi connectivity index (χ1n) is 8.72. The SMILES string of the molecule is CCc1cccc(NC(=O)Cc2csc3nc(-c4ccc(Cl)cc4)cn23)c1.Cl. The van der Waals surface area contributed by atoms with E-state index in [0.717, 1.165) is 34.0 Å². The van der Waals surface area contributed by atoms with Crippen molar-refractivity contribution < 1.29 is 4.79 Å². The molecule has 1 N–H and O–H groups in total. The fraction of sp³-hybridized carbons (Fsp3) is 0.143. The van der Waals surface area contributed by atoms with Crippen molar-refractivity contribution in [2.75, 3.05) is 5.32 Å². The molecule has 0 aliphatic rings. The normalized spacial score (nSPS) is 10.6. The molecular weight excluding hydrogens is 413 g/mol. The van der Waals surface area contributed by atoms with Crippen LogP contribution in [-0.4, -0.2) is 15.3 Å². The van der Waals surface area contributed by atoms with Gasteiger partial charge in [-0.15, -0.1) is 23.7 Å². The fourth-order valence-electron chi connectivity index (χ4n) is 2.95. The van der Waals surface area contributed by atoms with E-state index in [1.165, 1.54) is 16.9 Å². The van der Waals surface area contributed by atoms with Gasteiger partial charge in [0.15, 0.2) is 4.96 Å². The molecule has 2 aromatic carbocycles. The predicted octanol–water partition coefficient (Wildman–Crippen LogP) is 5.88. The number of fused-ring (bicyclic) bond motifs is 1. The molecule has 0 saturated carbocycles. The molecule has 4 nitrogen and oxygen atoms in total. The van der Waals surface area contributed by atoms with E-state index in [1.807, 2.05) is 58.4 Å². The number of hydrogen-bond acceptors (Lipinski definition) is 3. The van der Waals surface area contributed by atoms with Gasteiger partial charge in [0.05, 0.1) is 12.1 Å². The molecule has 2 heterocycles. The minimum atomic E-state index is -0.0373. The Morgan fingerprint density at radius 2 is 2.00 bits per heavy atom. The summed E-state index contributed by atoms with van der Waals surface area (Å²) in [6.07, 6.45) is 3.21. The zero-order valence-electron chi connectivity index (χ0n) is 15.2. The number of nitrogens with one attached hydrogen (secondary N) is 1. The van der Waals surface area contributed by atoms with Gasteiger partial charge in [-0.05, 0) is 36.2 Å². The highest BCUT2D eigenvalue weighted by Crippen LogP contribution is 2.25. The lowest BCUT2D eigenvalue weighted by atomic mass is 10.1. The Morgan fingerprint density at radius 1 is 1.21 bits per heavy atom. The molecule has 0 unspecified atom stereocenters. The zero-order chi connectivity index (χ0) is 18.8. The molecule has 4 rings (SSSR count). The molecule has 0 aliphatic carbocycles. The zero-order valence-corrected chi connectivity index (χ0v) is 17.6. The third kappa shape index (κ3) is 4.38. The number of aryl methyl sites for hydroxylation is 1. The minimum absolute atomic E-state index is 0. The molecule has 0 spiro atoms. The van der Waals surface area contributed by atoms with E-state index < -0.39 is 0 Å². The Balaban J connectivity index is 0.00000225. The smallest absolute Gasteiger partial charge is 0.230 e. The number of aromatic nitrogens is 2. The van der Waals surface area contributed by atoms with Gasteiger partial charge in [0, 0.05) is 33.5 Å². The van der Waals surface area contributed by atoms with Crippen LogP contribution < -0.4 is 5.32 Å². The van der Waals surface area contributed by atoms with Crippen LogP contribution in [0.2, 0.25) is 5.02 Å². The molecular formula is C21H19Cl2N3OS. The number of rotatable bonds is 5. The van der Waals surface area contributed by atoms with E-state index in [2.05, 4.69) is 23.3 Å². The van der Waals surface area contributed by atoms with Crippen LogP contribution in [0.1, 0.15) is 18.2 Å². The summed E-state index contributed by atoms with van der Waals surface area (Å²) in [5.74, 6) is -0.0373. The maximum atomic E-state index is 12.5. The van der Waals surface area contributed by atoms with Gasteiger partial charge in [-0.1, -0.05) is 42.8 Å². The van der Waals surface area contributed by atoms with Crippen molar-refractivity contribution in [3.8, 4) is 11.3 Å². The third-order valence-corrected chi connectivity index (χ3v) is 5.52. The Kier molecular flexibility index (Phi) is 6.39. The summed E-state index contributed by atoms with van der Waals surface area (Å²) in [4.78, 5) is 18.0. The second kappa shape index (κ2) is 8.78. The molecule has 0 saturated heterocycles. The van der Waals surface area contributed by atoms with Crippen molar-refractivity contribution in [3.05, 3.63) is 76.4 Å². The Morgan fingerprint density at radius 3 is 2.75 bits per heavy atom. The summed E-state index contributed by atoms with van der Waals surface area (Å²) < 4.78 is 1.98. The van der Waals surface area contributed by atoms with Gasteiger partial charge in [0.25, 0.3) is 0 Å². The number of anilines is 1. The van der Waals surface area contributed by atoms with Gasteiger partial charge >= 0.3 is 0 Å². The van der Waals surface area contributed by atoms with E-state index in [-0.39, 0.29) is 18.3 Å². The lowest BCUT2D eigenvalue weighted by Crippen LogP contribution is -2.15. The summed E-state index contributed by atoms with van der Waals surface area (Å²) in [7, 11) is 0. The molecule has 1 amide bonds. The number of thiazole rings is 1. The lowest BCUT2D eigenvalue weighted by molar-refractivity contribution is -0.115. The van der Waals surface area contributed by atoms with E-state index >= 15 is 0 Å². The first-order valence-corrected chi connectivity index (χ1v) is 9.98. The number of hydrogen-bond donors (Lipinski definition) is 1. The summed E-state index contributed by atoms with van der Waals surface area (Å²) in [5.41, 5.74) is 4.83. The standard InChI is InChI=1S/C21H18ClN3OS.ClH/c1-2-14-4-3-5-17(10-14)23-20(26)11-18-13-27-21-24-19(12-25(18)21)15-6-8-16(22)9-7-15;/h3-10,12-13H,2,11H2,1H3,(H,23,26);1H. The summed E-state index contributed by atoms with van der Waals surface area (Å²) in [5, 5.41) is 5.66. The topological polar surface area (TPSA) is 46.4 Å². The number of halogens is 2. The third-order valence-electron chi connectivity index (χ3n) is 4.38. The first kappa shape index (κ1) is 20.4. The molecule has 0 aliphatic heterocycles. The first-order chi connectivity index (χ1) is 13.1. The summed E-state index contributed by atoms with van der Waals surface area (Å²) >= 11 is 7.49. The van der Waals surface area contributed by atoms with Crippen LogP contribution in [0.4, 0.5) is 5.69 Å². The number of amides is 1. The van der Waals surface area contributed by atoms with Crippen LogP contribution >= 0.6 is 35.3 Å². The maximum absolute atomic E-state index is 12.5. The van der Waals surface area contributed by atoms with Crippen molar-refractivity contribution in [3.63, 3.8) is 0 Å². The maximum Gasteiger partial charge on any atom is 0.230 e. The van der Waals surface area contributed by atoms with Gasteiger partial charge in [0.1, 0.15) is 0 Å². The van der Waals surface area contributed by atoms with Crippen molar-refractivity contribution in [2.45, 2.75) is 19.8 Å². The van der Waals surface area contributed by atoms with Crippen molar-refractivity contribution in [1.82, 2.24) is 9.38 Å². The van der Waals surface area contributed by atoms with Gasteiger partial charge in [-0.25, -0.2) is 4.98 Å². The molecule has 144 valence electrons. The molecule has 2 aromatic heterocycles. The molecule has 0 bridgehead atoms. The monoisotopic (exact) mass is 431 g/mol. The predicted molar refractivity (Wildman–Crippen MR) is 119 cm³/mol. The molecule has 0 fully saturated rings. The molecule has 0 radical (unpaired) electrons. The van der Waals surface area contributed by atoms with Gasteiger partial charge in [-0.2, -0.15) is 0 Å². The molecule has 4 aromatic rings. The number of imidazole rings is 1. The lowest BCUT2D eigenvalue weighted by Gasteiger charge is -2.06. The van der Waals surface area contributed by atoms with Gasteiger partial charge in [0.2, 0.25) is 5.91 Å². The van der Waals surface area contributed by atoms with E-state index in [1.54, 1.807) is 0 Å². The Labute approximate surface area is 178 Å². The molecule has 28 heavy (non-hydrogen) atoms. The highest BCUT2D eigenvalue weighted by atomic mass is 35.5. The van der Waals surface area contributed by atoms with E-state index in [0.29, 0.717) is 11.4 Å². The van der Waals surface area contributed by atoms with Crippen LogP contribution in [0.5, 0.6) is 0 Å². The van der Waals surface area contributed by atoms with Crippen LogP contribution in [0.25, 0.3) is 16.2 Å². The fourth-order valence-corrected chi connectivity index (χ4v) is 3.95. The van der Waals surface area contributed by atoms with Crippen LogP contribution in [-0.2, 0) is 17.6 Å². The number of benzene rings is 2. The van der Waals surface area contributed by atoms with Crippen LogP contribution in [0, 0.1) is 0 Å². The van der Waals surface area contributed by atoms with Crippen molar-refractivity contribution in [2.24, 2.45) is 0 Å². The van der Waals surface area contributed by atoms with Crippen molar-refractivity contribution in [1.29, 1.82) is 0 Å².